The highest BCUT2D eigenvalue weighted by molar-refractivity contribution is 5.27. The Bertz CT molecular complexity index is 412. The first-order valence-corrected chi connectivity index (χ1v) is 7.92. The van der Waals surface area contributed by atoms with Gasteiger partial charge in [-0.2, -0.15) is 0 Å². The van der Waals surface area contributed by atoms with Gasteiger partial charge in [-0.05, 0) is 62.3 Å². The Hall–Kier alpha value is -1.06. The van der Waals surface area contributed by atoms with Crippen LogP contribution in [0.15, 0.2) is 24.3 Å². The molecule has 1 aliphatic heterocycles. The Balaban J connectivity index is 1.51. The van der Waals surface area contributed by atoms with E-state index in [-0.39, 0.29) is 0 Å². The first-order chi connectivity index (χ1) is 9.83. The van der Waals surface area contributed by atoms with Crippen LogP contribution >= 0.6 is 0 Å². The summed E-state index contributed by atoms with van der Waals surface area (Å²) < 4.78 is 5.99. The molecule has 3 nitrogen and oxygen atoms in total. The summed E-state index contributed by atoms with van der Waals surface area (Å²) in [5, 5.41) is 9.18. The number of benzene rings is 1. The Morgan fingerprint density at radius 2 is 1.85 bits per heavy atom. The number of hydrogen-bond acceptors (Lipinski definition) is 3. The van der Waals surface area contributed by atoms with Gasteiger partial charge in [-0.25, -0.2) is 0 Å². The van der Waals surface area contributed by atoms with Gasteiger partial charge < -0.3 is 9.84 Å². The zero-order chi connectivity index (χ0) is 13.8. The van der Waals surface area contributed by atoms with Crippen molar-refractivity contribution in [3.8, 4) is 5.75 Å². The van der Waals surface area contributed by atoms with Gasteiger partial charge in [-0.1, -0.05) is 12.1 Å². The summed E-state index contributed by atoms with van der Waals surface area (Å²) >= 11 is 0. The van der Waals surface area contributed by atoms with Crippen LogP contribution in [0.25, 0.3) is 0 Å². The zero-order valence-corrected chi connectivity index (χ0v) is 12.1. The number of ether oxygens (including phenoxy) is 1. The second kappa shape index (κ2) is 6.59. The number of rotatable bonds is 5. The number of aliphatic hydroxyl groups excluding tert-OH is 1. The van der Waals surface area contributed by atoms with E-state index in [0.29, 0.717) is 18.6 Å². The van der Waals surface area contributed by atoms with Crippen molar-refractivity contribution < 1.29 is 9.84 Å². The second-order valence-corrected chi connectivity index (χ2v) is 6.24. The smallest absolute Gasteiger partial charge is 0.119 e. The molecule has 2 aliphatic rings. The molecule has 3 rings (SSSR count). The molecule has 1 N–H and O–H groups in total. The molecule has 0 amide bonds. The predicted molar refractivity (Wildman–Crippen MR) is 79.8 cm³/mol. The Kier molecular flexibility index (Phi) is 4.58. The van der Waals surface area contributed by atoms with E-state index in [9.17, 15) is 5.11 Å². The van der Waals surface area contributed by atoms with Gasteiger partial charge in [0.1, 0.15) is 5.75 Å². The van der Waals surface area contributed by atoms with Crippen LogP contribution in [0.5, 0.6) is 5.75 Å². The highest BCUT2D eigenvalue weighted by Gasteiger charge is 2.21. The minimum Gasteiger partial charge on any atom is -0.490 e. The number of likely N-dealkylation sites (tertiary alicyclic amines) is 1. The largest absolute Gasteiger partial charge is 0.490 e. The van der Waals surface area contributed by atoms with Gasteiger partial charge in [0.2, 0.25) is 0 Å². The molecule has 1 unspecified atom stereocenters. The Morgan fingerprint density at radius 1 is 1.10 bits per heavy atom. The molecule has 1 saturated carbocycles. The summed E-state index contributed by atoms with van der Waals surface area (Å²) in [6, 6.07) is 8.56. The molecule has 1 aromatic rings. The molecule has 1 saturated heterocycles. The lowest BCUT2D eigenvalue weighted by molar-refractivity contribution is 0.209. The van der Waals surface area contributed by atoms with Crippen LogP contribution in [0.2, 0.25) is 0 Å². The highest BCUT2D eigenvalue weighted by Crippen LogP contribution is 2.25. The lowest BCUT2D eigenvalue weighted by Gasteiger charge is -2.17. The molecule has 3 heteroatoms. The lowest BCUT2D eigenvalue weighted by atomic mass is 10.1. The second-order valence-electron chi connectivity index (χ2n) is 6.24. The highest BCUT2D eigenvalue weighted by atomic mass is 16.5. The van der Waals surface area contributed by atoms with E-state index in [2.05, 4.69) is 29.2 Å². The van der Waals surface area contributed by atoms with Crippen molar-refractivity contribution in [3.05, 3.63) is 29.8 Å². The Labute approximate surface area is 121 Å². The minimum atomic E-state index is 0.324. The van der Waals surface area contributed by atoms with Gasteiger partial charge in [-0.15, -0.1) is 0 Å². The van der Waals surface area contributed by atoms with Crippen molar-refractivity contribution >= 4 is 0 Å². The van der Waals surface area contributed by atoms with Gasteiger partial charge in [0.05, 0.1) is 6.10 Å². The predicted octanol–water partition coefficient (Wildman–Crippen LogP) is 2.82. The minimum absolute atomic E-state index is 0.324. The third kappa shape index (κ3) is 3.53. The summed E-state index contributed by atoms with van der Waals surface area (Å²) in [7, 11) is 0. The molecule has 0 bridgehead atoms. The van der Waals surface area contributed by atoms with Crippen LogP contribution in [-0.4, -0.2) is 35.8 Å². The van der Waals surface area contributed by atoms with Gasteiger partial charge >= 0.3 is 0 Å². The standard InChI is InChI=1S/C17H25NO2/c19-13-15-9-10-18(12-15)11-14-5-7-17(8-6-14)20-16-3-1-2-4-16/h5-8,15-16,19H,1-4,9-13H2. The van der Waals surface area contributed by atoms with Crippen molar-refractivity contribution in [3.63, 3.8) is 0 Å². The van der Waals surface area contributed by atoms with E-state index in [4.69, 9.17) is 4.74 Å². The van der Waals surface area contributed by atoms with Crippen molar-refractivity contribution in [2.75, 3.05) is 19.7 Å². The van der Waals surface area contributed by atoms with Gasteiger partial charge in [0.15, 0.2) is 0 Å². The average molecular weight is 275 g/mol. The topological polar surface area (TPSA) is 32.7 Å². The molecular weight excluding hydrogens is 250 g/mol. The van der Waals surface area contributed by atoms with Gasteiger partial charge in [-0.3, -0.25) is 4.90 Å². The summed E-state index contributed by atoms with van der Waals surface area (Å²) in [5.74, 6) is 1.48. The van der Waals surface area contributed by atoms with Crippen LogP contribution < -0.4 is 4.74 Å². The SMILES string of the molecule is OCC1CCN(Cc2ccc(OC3CCCC3)cc2)C1. The molecule has 20 heavy (non-hydrogen) atoms. The van der Waals surface area contributed by atoms with Crippen LogP contribution in [0.1, 0.15) is 37.7 Å². The number of aliphatic hydroxyl groups is 1. The first-order valence-electron chi connectivity index (χ1n) is 7.92. The van der Waals surface area contributed by atoms with E-state index < -0.39 is 0 Å². The zero-order valence-electron chi connectivity index (χ0n) is 12.1. The first kappa shape index (κ1) is 13.9. The summed E-state index contributed by atoms with van der Waals surface area (Å²) in [4.78, 5) is 2.42. The maximum Gasteiger partial charge on any atom is 0.119 e. The maximum atomic E-state index is 9.18. The fourth-order valence-electron chi connectivity index (χ4n) is 3.34. The summed E-state index contributed by atoms with van der Waals surface area (Å²) in [5.41, 5.74) is 1.34. The lowest BCUT2D eigenvalue weighted by Crippen LogP contribution is -2.20. The molecular formula is C17H25NO2. The van der Waals surface area contributed by atoms with Crippen molar-refractivity contribution in [2.24, 2.45) is 5.92 Å². The molecule has 0 aromatic heterocycles. The fraction of sp³-hybridized carbons (Fsp3) is 0.647. The molecule has 1 aromatic carbocycles. The van der Waals surface area contributed by atoms with E-state index in [1.165, 1.54) is 31.2 Å². The average Bonchev–Trinajstić information content (AvgIpc) is 3.12. The van der Waals surface area contributed by atoms with Crippen molar-refractivity contribution in [2.45, 2.75) is 44.8 Å². The molecule has 2 fully saturated rings. The quantitative estimate of drug-likeness (QED) is 0.897. The third-order valence-electron chi connectivity index (χ3n) is 4.56. The summed E-state index contributed by atoms with van der Waals surface area (Å²) in [6.07, 6.45) is 6.59. The molecule has 1 heterocycles. The normalized spacial score (nSPS) is 24.4. The van der Waals surface area contributed by atoms with E-state index in [0.717, 1.165) is 31.8 Å². The molecule has 110 valence electrons. The monoisotopic (exact) mass is 275 g/mol. The fourth-order valence-corrected chi connectivity index (χ4v) is 3.34. The van der Waals surface area contributed by atoms with E-state index >= 15 is 0 Å². The molecule has 0 radical (unpaired) electrons. The van der Waals surface area contributed by atoms with E-state index in [1.807, 2.05) is 0 Å². The third-order valence-corrected chi connectivity index (χ3v) is 4.56. The molecule has 1 aliphatic carbocycles. The molecule has 0 spiro atoms. The van der Waals surface area contributed by atoms with Crippen molar-refractivity contribution in [1.82, 2.24) is 4.90 Å². The summed E-state index contributed by atoms with van der Waals surface area (Å²) in [6.45, 7) is 3.44. The van der Waals surface area contributed by atoms with Crippen LogP contribution in [0.3, 0.4) is 0 Å². The maximum absolute atomic E-state index is 9.18. The van der Waals surface area contributed by atoms with Crippen molar-refractivity contribution in [1.29, 1.82) is 0 Å². The Morgan fingerprint density at radius 3 is 2.50 bits per heavy atom. The van der Waals surface area contributed by atoms with Crippen LogP contribution in [0.4, 0.5) is 0 Å². The number of hydrogen-bond donors (Lipinski definition) is 1. The molecule has 1 atom stereocenters. The van der Waals surface area contributed by atoms with Crippen LogP contribution in [0, 0.1) is 5.92 Å². The van der Waals surface area contributed by atoms with Gasteiger partial charge in [0.25, 0.3) is 0 Å². The number of nitrogens with zero attached hydrogens (tertiary/aromatic N) is 1. The van der Waals surface area contributed by atoms with E-state index in [1.54, 1.807) is 0 Å². The van der Waals surface area contributed by atoms with Gasteiger partial charge in [0, 0.05) is 19.7 Å². The van der Waals surface area contributed by atoms with Crippen LogP contribution in [-0.2, 0) is 6.54 Å².